The Kier molecular flexibility index (Phi) is 9.09. The van der Waals surface area contributed by atoms with Gasteiger partial charge in [-0.15, -0.1) is 0 Å². The molecular weight excluding hydrogens is 460 g/mol. The SMILES string of the molecule is CCc1ccccc1NC(=O)CN(C)C(=O)[C@H](C)Sc1nc2ccccc2c(=O)n1CCC(C)C. The van der Waals surface area contributed by atoms with E-state index in [1.807, 2.05) is 49.4 Å². The number of thioether (sulfide) groups is 1. The van der Waals surface area contributed by atoms with Crippen LogP contribution in [-0.4, -0.2) is 45.1 Å². The maximum Gasteiger partial charge on any atom is 0.262 e. The number of rotatable bonds is 10. The summed E-state index contributed by atoms with van der Waals surface area (Å²) in [6.45, 7) is 8.50. The number of nitrogens with one attached hydrogen (secondary N) is 1. The van der Waals surface area contributed by atoms with Gasteiger partial charge in [0.1, 0.15) is 0 Å². The number of hydrogen-bond acceptors (Lipinski definition) is 5. The lowest BCUT2D eigenvalue weighted by Crippen LogP contribution is -2.39. The molecule has 186 valence electrons. The molecule has 8 heteroatoms. The van der Waals surface area contributed by atoms with Crippen LogP contribution in [0.5, 0.6) is 0 Å². The molecule has 0 fully saturated rings. The van der Waals surface area contributed by atoms with Gasteiger partial charge in [-0.05, 0) is 49.4 Å². The number of anilines is 1. The molecule has 35 heavy (non-hydrogen) atoms. The standard InChI is InChI=1S/C27H34N4O3S/c1-6-20-11-7-9-13-22(20)28-24(32)17-30(5)25(33)19(4)35-27-29-23-14-10-8-12-21(23)26(34)31(27)16-15-18(2)3/h7-14,18-19H,6,15-17H2,1-5H3,(H,28,32)/t19-/m0/s1. The molecule has 0 radical (unpaired) electrons. The molecule has 0 aliphatic heterocycles. The maximum absolute atomic E-state index is 13.2. The lowest BCUT2D eigenvalue weighted by Gasteiger charge is -2.22. The summed E-state index contributed by atoms with van der Waals surface area (Å²) >= 11 is 1.25. The second-order valence-electron chi connectivity index (χ2n) is 9.06. The van der Waals surface area contributed by atoms with Gasteiger partial charge in [0.25, 0.3) is 5.56 Å². The minimum Gasteiger partial charge on any atom is -0.335 e. The highest BCUT2D eigenvalue weighted by molar-refractivity contribution is 8.00. The van der Waals surface area contributed by atoms with Crippen LogP contribution in [0.25, 0.3) is 10.9 Å². The number of para-hydroxylation sites is 2. The number of amides is 2. The van der Waals surface area contributed by atoms with Crippen molar-refractivity contribution in [2.24, 2.45) is 5.92 Å². The van der Waals surface area contributed by atoms with E-state index >= 15 is 0 Å². The second kappa shape index (κ2) is 12.0. The van der Waals surface area contributed by atoms with E-state index in [9.17, 15) is 14.4 Å². The van der Waals surface area contributed by atoms with Crippen molar-refractivity contribution in [2.75, 3.05) is 18.9 Å². The van der Waals surface area contributed by atoms with Gasteiger partial charge in [-0.25, -0.2) is 4.98 Å². The molecule has 7 nitrogen and oxygen atoms in total. The molecule has 0 bridgehead atoms. The molecule has 0 spiro atoms. The monoisotopic (exact) mass is 494 g/mol. The average Bonchev–Trinajstić information content (AvgIpc) is 2.83. The average molecular weight is 495 g/mol. The molecular formula is C27H34N4O3S. The Morgan fingerprint density at radius 1 is 1.09 bits per heavy atom. The number of fused-ring (bicyclic) bond motifs is 1. The van der Waals surface area contributed by atoms with Gasteiger partial charge < -0.3 is 10.2 Å². The number of aryl methyl sites for hydroxylation is 1. The molecule has 0 aliphatic rings. The fraction of sp³-hybridized carbons (Fsp3) is 0.407. The second-order valence-corrected chi connectivity index (χ2v) is 10.4. The maximum atomic E-state index is 13.2. The van der Waals surface area contributed by atoms with E-state index in [0.717, 1.165) is 24.1 Å². The molecule has 1 heterocycles. The smallest absolute Gasteiger partial charge is 0.262 e. The highest BCUT2D eigenvalue weighted by Crippen LogP contribution is 2.24. The first kappa shape index (κ1) is 26.5. The lowest BCUT2D eigenvalue weighted by molar-refractivity contribution is -0.132. The van der Waals surface area contributed by atoms with E-state index in [1.165, 1.54) is 16.7 Å². The fourth-order valence-electron chi connectivity index (χ4n) is 3.77. The molecule has 1 N–H and O–H groups in total. The normalized spacial score (nSPS) is 12.1. The van der Waals surface area contributed by atoms with Gasteiger partial charge in [-0.3, -0.25) is 19.0 Å². The number of benzene rings is 2. The molecule has 0 saturated carbocycles. The van der Waals surface area contributed by atoms with E-state index in [2.05, 4.69) is 19.2 Å². The number of likely N-dealkylation sites (N-methyl/N-ethyl adjacent to an activating group) is 1. The molecule has 3 rings (SSSR count). The highest BCUT2D eigenvalue weighted by atomic mass is 32.2. The van der Waals surface area contributed by atoms with Crippen LogP contribution in [0.3, 0.4) is 0 Å². The summed E-state index contributed by atoms with van der Waals surface area (Å²) in [5, 5.41) is 3.47. The summed E-state index contributed by atoms with van der Waals surface area (Å²) < 4.78 is 1.67. The van der Waals surface area contributed by atoms with Gasteiger partial charge in [-0.1, -0.05) is 62.9 Å². The van der Waals surface area contributed by atoms with Crippen LogP contribution in [-0.2, 0) is 22.6 Å². The lowest BCUT2D eigenvalue weighted by atomic mass is 10.1. The van der Waals surface area contributed by atoms with E-state index < -0.39 is 5.25 Å². The zero-order valence-electron chi connectivity index (χ0n) is 21.1. The van der Waals surface area contributed by atoms with Crippen molar-refractivity contribution in [3.63, 3.8) is 0 Å². The number of aromatic nitrogens is 2. The summed E-state index contributed by atoms with van der Waals surface area (Å²) in [5.41, 5.74) is 2.32. The van der Waals surface area contributed by atoms with Crippen molar-refractivity contribution in [2.45, 2.75) is 57.5 Å². The van der Waals surface area contributed by atoms with Gasteiger partial charge in [0.2, 0.25) is 11.8 Å². The van der Waals surface area contributed by atoms with Crippen molar-refractivity contribution < 1.29 is 9.59 Å². The van der Waals surface area contributed by atoms with Gasteiger partial charge >= 0.3 is 0 Å². The highest BCUT2D eigenvalue weighted by Gasteiger charge is 2.23. The first-order chi connectivity index (χ1) is 16.7. The predicted octanol–water partition coefficient (Wildman–Crippen LogP) is 4.58. The third-order valence-electron chi connectivity index (χ3n) is 5.82. The van der Waals surface area contributed by atoms with Crippen molar-refractivity contribution in [1.82, 2.24) is 14.5 Å². The Labute approximate surface area is 210 Å². The van der Waals surface area contributed by atoms with Gasteiger partial charge in [-0.2, -0.15) is 0 Å². The van der Waals surface area contributed by atoms with Crippen LogP contribution >= 0.6 is 11.8 Å². The zero-order chi connectivity index (χ0) is 25.5. The van der Waals surface area contributed by atoms with Crippen LogP contribution in [0.2, 0.25) is 0 Å². The van der Waals surface area contributed by atoms with Crippen LogP contribution in [0.4, 0.5) is 5.69 Å². The Hall–Kier alpha value is -3.13. The summed E-state index contributed by atoms with van der Waals surface area (Å²) in [6.07, 6.45) is 1.63. The summed E-state index contributed by atoms with van der Waals surface area (Å²) in [4.78, 5) is 45.0. The molecule has 3 aromatic rings. The molecule has 2 amide bonds. The molecule has 0 unspecified atom stereocenters. The van der Waals surface area contributed by atoms with Crippen LogP contribution in [0.15, 0.2) is 58.5 Å². The summed E-state index contributed by atoms with van der Waals surface area (Å²) in [7, 11) is 1.62. The van der Waals surface area contributed by atoms with Gasteiger partial charge in [0, 0.05) is 19.3 Å². The number of nitrogens with zero attached hydrogens (tertiary/aromatic N) is 3. The molecule has 1 aromatic heterocycles. The van der Waals surface area contributed by atoms with E-state index in [0.29, 0.717) is 28.5 Å². The van der Waals surface area contributed by atoms with Crippen LogP contribution in [0.1, 0.15) is 39.7 Å². The van der Waals surface area contributed by atoms with Crippen LogP contribution in [0, 0.1) is 5.92 Å². The minimum atomic E-state index is -0.519. The zero-order valence-corrected chi connectivity index (χ0v) is 21.9. The fourth-order valence-corrected chi connectivity index (χ4v) is 4.82. The number of hydrogen-bond donors (Lipinski definition) is 1. The minimum absolute atomic E-state index is 0.0624. The van der Waals surface area contributed by atoms with Gasteiger partial charge in [0.15, 0.2) is 5.16 Å². The Balaban J connectivity index is 1.74. The number of carbonyl (C=O) groups is 2. The predicted molar refractivity (Wildman–Crippen MR) is 143 cm³/mol. The third kappa shape index (κ3) is 6.72. The van der Waals surface area contributed by atoms with E-state index in [-0.39, 0.29) is 23.9 Å². The topological polar surface area (TPSA) is 84.3 Å². The number of carbonyl (C=O) groups excluding carboxylic acids is 2. The molecule has 0 aliphatic carbocycles. The first-order valence-electron chi connectivity index (χ1n) is 12.0. The van der Waals surface area contributed by atoms with E-state index in [4.69, 9.17) is 4.98 Å². The molecule has 2 aromatic carbocycles. The first-order valence-corrected chi connectivity index (χ1v) is 12.9. The summed E-state index contributed by atoms with van der Waals surface area (Å²) in [5.74, 6) is -0.0314. The summed E-state index contributed by atoms with van der Waals surface area (Å²) in [6, 6.07) is 14.9. The van der Waals surface area contributed by atoms with Gasteiger partial charge in [0.05, 0.1) is 22.7 Å². The largest absolute Gasteiger partial charge is 0.335 e. The molecule has 0 saturated heterocycles. The van der Waals surface area contributed by atoms with E-state index in [1.54, 1.807) is 24.6 Å². The van der Waals surface area contributed by atoms with Crippen molar-refractivity contribution in [3.8, 4) is 0 Å². The van der Waals surface area contributed by atoms with Crippen LogP contribution < -0.4 is 10.9 Å². The van der Waals surface area contributed by atoms with Crippen molar-refractivity contribution >= 4 is 40.2 Å². The Morgan fingerprint density at radius 3 is 2.49 bits per heavy atom. The Morgan fingerprint density at radius 2 is 1.77 bits per heavy atom. The van der Waals surface area contributed by atoms with Crippen molar-refractivity contribution in [1.29, 1.82) is 0 Å². The Bertz CT molecular complexity index is 1250. The van der Waals surface area contributed by atoms with Crippen molar-refractivity contribution in [3.05, 3.63) is 64.4 Å². The molecule has 1 atom stereocenters. The quantitative estimate of drug-likeness (QED) is 0.329. The third-order valence-corrected chi connectivity index (χ3v) is 6.89.